The summed E-state index contributed by atoms with van der Waals surface area (Å²) in [5, 5.41) is 10.4. The molecule has 1 saturated heterocycles. The summed E-state index contributed by atoms with van der Waals surface area (Å²) in [6, 6.07) is 0.437. The maximum atomic E-state index is 10.4. The first-order chi connectivity index (χ1) is 7.57. The molecule has 0 saturated carbocycles. The van der Waals surface area contributed by atoms with Gasteiger partial charge in [-0.2, -0.15) is 0 Å². The molecule has 1 N–H and O–H groups in total. The molecule has 1 rings (SSSR count). The normalized spacial score (nSPS) is 22.3. The maximum Gasteiger partial charge on any atom is 0.0817 e. The number of nitrogens with zero attached hydrogens (tertiary/aromatic N) is 1. The second kappa shape index (κ2) is 6.55. The van der Waals surface area contributed by atoms with Crippen molar-refractivity contribution in [3.05, 3.63) is 0 Å². The van der Waals surface area contributed by atoms with Crippen LogP contribution in [0.5, 0.6) is 0 Å². The summed E-state index contributed by atoms with van der Waals surface area (Å²) in [4.78, 5) is 2.21. The summed E-state index contributed by atoms with van der Waals surface area (Å²) in [6.07, 6.45) is 2.49. The molecule has 4 heteroatoms. The van der Waals surface area contributed by atoms with Gasteiger partial charge >= 0.3 is 0 Å². The van der Waals surface area contributed by atoms with Gasteiger partial charge in [0.25, 0.3) is 0 Å². The molecule has 1 aliphatic heterocycles. The Labute approximate surface area is 98.5 Å². The molecule has 0 radical (unpaired) electrons. The number of hydrogen-bond acceptors (Lipinski definition) is 4. The molecule has 1 aliphatic rings. The van der Waals surface area contributed by atoms with Crippen LogP contribution in [0.25, 0.3) is 0 Å². The summed E-state index contributed by atoms with van der Waals surface area (Å²) in [7, 11) is 3.78. The topological polar surface area (TPSA) is 41.9 Å². The molecule has 0 aromatic heterocycles. The fraction of sp³-hybridized carbons (Fsp3) is 1.00. The molecule has 0 aromatic carbocycles. The highest BCUT2D eigenvalue weighted by molar-refractivity contribution is 4.85. The third kappa shape index (κ3) is 4.37. The first kappa shape index (κ1) is 13.9. The van der Waals surface area contributed by atoms with Crippen LogP contribution in [0.2, 0.25) is 0 Å². The number of methoxy groups -OCH3 is 1. The number of ether oxygens (including phenoxy) is 2. The van der Waals surface area contributed by atoms with E-state index in [1.807, 2.05) is 0 Å². The minimum Gasteiger partial charge on any atom is -0.388 e. The van der Waals surface area contributed by atoms with Crippen LogP contribution in [0.1, 0.15) is 26.2 Å². The Morgan fingerprint density at radius 1 is 1.44 bits per heavy atom. The molecule has 0 bridgehead atoms. The molecule has 0 spiro atoms. The zero-order valence-corrected chi connectivity index (χ0v) is 10.7. The van der Waals surface area contributed by atoms with E-state index in [9.17, 15) is 5.11 Å². The molecular weight excluding hydrogens is 206 g/mol. The van der Waals surface area contributed by atoms with Crippen molar-refractivity contribution in [3.63, 3.8) is 0 Å². The number of rotatable bonds is 6. The van der Waals surface area contributed by atoms with Crippen molar-refractivity contribution < 1.29 is 14.6 Å². The highest BCUT2D eigenvalue weighted by Crippen LogP contribution is 2.22. The van der Waals surface area contributed by atoms with Crippen LogP contribution < -0.4 is 0 Å². The Kier molecular flexibility index (Phi) is 5.69. The molecule has 1 heterocycles. The van der Waals surface area contributed by atoms with Gasteiger partial charge in [0.15, 0.2) is 0 Å². The quantitative estimate of drug-likeness (QED) is 0.737. The van der Waals surface area contributed by atoms with Gasteiger partial charge in [0.05, 0.1) is 5.60 Å². The molecule has 4 nitrogen and oxygen atoms in total. The van der Waals surface area contributed by atoms with Crippen LogP contribution in [0, 0.1) is 0 Å². The van der Waals surface area contributed by atoms with E-state index in [0.717, 1.165) is 32.4 Å². The summed E-state index contributed by atoms with van der Waals surface area (Å²) in [5.74, 6) is 0. The Hall–Kier alpha value is -0.160. The zero-order valence-electron chi connectivity index (χ0n) is 10.7. The lowest BCUT2D eigenvalue weighted by Gasteiger charge is -2.37. The first-order valence-electron chi connectivity index (χ1n) is 6.07. The van der Waals surface area contributed by atoms with Gasteiger partial charge < -0.3 is 19.5 Å². The van der Waals surface area contributed by atoms with Crippen molar-refractivity contribution in [1.82, 2.24) is 4.90 Å². The van der Waals surface area contributed by atoms with Crippen LogP contribution in [-0.2, 0) is 9.47 Å². The van der Waals surface area contributed by atoms with Gasteiger partial charge in [0, 0.05) is 52.4 Å². The van der Waals surface area contributed by atoms with Gasteiger partial charge in [-0.1, -0.05) is 0 Å². The third-order valence-electron chi connectivity index (χ3n) is 3.46. The Bertz CT molecular complexity index is 193. The van der Waals surface area contributed by atoms with E-state index < -0.39 is 5.60 Å². The SMILES string of the molecule is COCCC(C)N(C)CC1(O)CCOCC1. The first-order valence-corrected chi connectivity index (χ1v) is 6.07. The molecular formula is C12H25NO3. The van der Waals surface area contributed by atoms with E-state index in [0.29, 0.717) is 19.3 Å². The fourth-order valence-electron chi connectivity index (χ4n) is 2.04. The number of hydrogen-bond donors (Lipinski definition) is 1. The van der Waals surface area contributed by atoms with Gasteiger partial charge in [-0.05, 0) is 20.4 Å². The lowest BCUT2D eigenvalue weighted by atomic mass is 9.93. The van der Waals surface area contributed by atoms with Gasteiger partial charge in [-0.25, -0.2) is 0 Å². The number of aliphatic hydroxyl groups is 1. The van der Waals surface area contributed by atoms with E-state index in [1.54, 1.807) is 7.11 Å². The fourth-order valence-corrected chi connectivity index (χ4v) is 2.04. The van der Waals surface area contributed by atoms with Crippen molar-refractivity contribution in [2.24, 2.45) is 0 Å². The molecule has 1 fully saturated rings. The summed E-state index contributed by atoms with van der Waals surface area (Å²) in [5.41, 5.74) is -0.561. The zero-order chi connectivity index (χ0) is 12.0. The molecule has 0 amide bonds. The van der Waals surface area contributed by atoms with Gasteiger partial charge in [-0.15, -0.1) is 0 Å². The van der Waals surface area contributed by atoms with Crippen LogP contribution in [0.4, 0.5) is 0 Å². The van der Waals surface area contributed by atoms with Crippen LogP contribution in [-0.4, -0.2) is 62.2 Å². The van der Waals surface area contributed by atoms with Crippen molar-refractivity contribution >= 4 is 0 Å². The second-order valence-electron chi connectivity index (χ2n) is 4.88. The second-order valence-corrected chi connectivity index (χ2v) is 4.88. The van der Waals surface area contributed by atoms with Gasteiger partial charge in [0.2, 0.25) is 0 Å². The van der Waals surface area contributed by atoms with Gasteiger partial charge in [-0.3, -0.25) is 0 Å². The standard InChI is InChI=1S/C12H25NO3/c1-11(4-7-15-3)13(2)10-12(14)5-8-16-9-6-12/h11,14H,4-10H2,1-3H3. The molecule has 16 heavy (non-hydrogen) atoms. The van der Waals surface area contributed by atoms with Crippen molar-refractivity contribution in [2.45, 2.75) is 37.8 Å². The Balaban J connectivity index is 2.33. The van der Waals surface area contributed by atoms with E-state index >= 15 is 0 Å². The third-order valence-corrected chi connectivity index (χ3v) is 3.46. The minimum atomic E-state index is -0.561. The van der Waals surface area contributed by atoms with Gasteiger partial charge in [0.1, 0.15) is 0 Å². The van der Waals surface area contributed by atoms with Crippen LogP contribution >= 0.6 is 0 Å². The molecule has 1 atom stereocenters. The largest absolute Gasteiger partial charge is 0.388 e. The number of likely N-dealkylation sites (N-methyl/N-ethyl adjacent to an activating group) is 1. The molecule has 96 valence electrons. The highest BCUT2D eigenvalue weighted by Gasteiger charge is 2.31. The van der Waals surface area contributed by atoms with Crippen LogP contribution in [0.15, 0.2) is 0 Å². The predicted octanol–water partition coefficient (Wildman–Crippen LogP) is 0.885. The Morgan fingerprint density at radius 2 is 2.06 bits per heavy atom. The van der Waals surface area contributed by atoms with E-state index in [-0.39, 0.29) is 0 Å². The lowest BCUT2D eigenvalue weighted by Crippen LogP contribution is -2.48. The Morgan fingerprint density at radius 3 is 2.62 bits per heavy atom. The van der Waals surface area contributed by atoms with E-state index in [2.05, 4.69) is 18.9 Å². The summed E-state index contributed by atoms with van der Waals surface area (Å²) < 4.78 is 10.3. The smallest absolute Gasteiger partial charge is 0.0817 e. The predicted molar refractivity (Wildman–Crippen MR) is 63.6 cm³/mol. The highest BCUT2D eigenvalue weighted by atomic mass is 16.5. The van der Waals surface area contributed by atoms with Crippen molar-refractivity contribution in [3.8, 4) is 0 Å². The average molecular weight is 231 g/mol. The monoisotopic (exact) mass is 231 g/mol. The lowest BCUT2D eigenvalue weighted by molar-refractivity contribution is -0.0815. The molecule has 0 aliphatic carbocycles. The minimum absolute atomic E-state index is 0.437. The van der Waals surface area contributed by atoms with Crippen molar-refractivity contribution in [1.29, 1.82) is 0 Å². The maximum absolute atomic E-state index is 10.4. The molecule has 1 unspecified atom stereocenters. The van der Waals surface area contributed by atoms with E-state index in [1.165, 1.54) is 0 Å². The van der Waals surface area contributed by atoms with Crippen molar-refractivity contribution in [2.75, 3.05) is 40.5 Å². The van der Waals surface area contributed by atoms with E-state index in [4.69, 9.17) is 9.47 Å². The average Bonchev–Trinajstić information content (AvgIpc) is 2.26. The summed E-state index contributed by atoms with van der Waals surface area (Å²) >= 11 is 0. The van der Waals surface area contributed by atoms with Crippen LogP contribution in [0.3, 0.4) is 0 Å². The summed E-state index contributed by atoms with van der Waals surface area (Å²) in [6.45, 7) is 5.02. The molecule has 0 aromatic rings.